The van der Waals surface area contributed by atoms with Crippen LogP contribution in [0.15, 0.2) is 54.6 Å². The van der Waals surface area contributed by atoms with Crippen LogP contribution in [0.1, 0.15) is 31.4 Å². The lowest BCUT2D eigenvalue weighted by atomic mass is 10.0. The Balaban J connectivity index is 1.41. The Morgan fingerprint density at radius 3 is 2.19 bits per heavy atom. The molecule has 1 atom stereocenters. The van der Waals surface area contributed by atoms with Crippen molar-refractivity contribution in [1.82, 2.24) is 5.32 Å². The van der Waals surface area contributed by atoms with Gasteiger partial charge in [-0.3, -0.25) is 9.59 Å². The average Bonchev–Trinajstić information content (AvgIpc) is 2.75. The van der Waals surface area contributed by atoms with Crippen LogP contribution < -0.4 is 20.4 Å². The fourth-order valence-electron chi connectivity index (χ4n) is 4.08. The minimum Gasteiger partial charge on any atom is -0.344 e. The van der Waals surface area contributed by atoms with Gasteiger partial charge in [-0.05, 0) is 30.2 Å². The summed E-state index contributed by atoms with van der Waals surface area (Å²) in [5, 5.41) is 5.95. The second kappa shape index (κ2) is 11.6. The molecule has 4 N–H and O–H groups in total. The minimum absolute atomic E-state index is 0.0523. The van der Waals surface area contributed by atoms with Crippen molar-refractivity contribution in [2.24, 2.45) is 0 Å². The quantitative estimate of drug-likeness (QED) is 0.461. The summed E-state index contributed by atoms with van der Waals surface area (Å²) in [5.74, 6) is -0.411. The maximum Gasteiger partial charge on any atom is 0.279 e. The van der Waals surface area contributed by atoms with E-state index >= 15 is 0 Å². The molecule has 2 aromatic carbocycles. The normalized spacial score (nSPS) is 19.4. The number of amides is 2. The second-order valence-corrected chi connectivity index (χ2v) is 8.23. The molecule has 7 heteroatoms. The number of nitrogens with one attached hydrogen (secondary N) is 4. The van der Waals surface area contributed by atoms with Gasteiger partial charge < -0.3 is 20.4 Å². The molecule has 6 nitrogen and oxygen atoms in total. The Labute approximate surface area is 183 Å². The summed E-state index contributed by atoms with van der Waals surface area (Å²) in [7, 11) is 0. The molecule has 1 aliphatic heterocycles. The highest BCUT2D eigenvalue weighted by Crippen LogP contribution is 2.17. The van der Waals surface area contributed by atoms with Crippen LogP contribution in [0.3, 0.4) is 0 Å². The van der Waals surface area contributed by atoms with Crippen LogP contribution in [0.5, 0.6) is 0 Å². The number of anilines is 1. The maximum absolute atomic E-state index is 13.3. The monoisotopic (exact) mass is 428 g/mol. The van der Waals surface area contributed by atoms with Gasteiger partial charge in [0.2, 0.25) is 0 Å². The molecule has 2 aromatic rings. The van der Waals surface area contributed by atoms with Crippen molar-refractivity contribution in [3.05, 3.63) is 66.0 Å². The van der Waals surface area contributed by atoms with Crippen LogP contribution in [0.4, 0.5) is 10.1 Å². The zero-order chi connectivity index (χ0) is 22.1. The molecule has 1 heterocycles. The summed E-state index contributed by atoms with van der Waals surface area (Å²) in [6.45, 7) is 6.28. The van der Waals surface area contributed by atoms with Gasteiger partial charge >= 0.3 is 0 Å². The van der Waals surface area contributed by atoms with E-state index in [4.69, 9.17) is 0 Å². The fourth-order valence-corrected chi connectivity index (χ4v) is 4.08. The molecule has 0 unspecified atom stereocenters. The molecule has 0 spiro atoms. The molecule has 31 heavy (non-hydrogen) atoms. The fraction of sp³-hybridized carbons (Fsp3) is 0.417. The van der Waals surface area contributed by atoms with Crippen LogP contribution >= 0.6 is 0 Å². The van der Waals surface area contributed by atoms with E-state index in [1.165, 1.54) is 21.9 Å². The first kappa shape index (κ1) is 22.9. The van der Waals surface area contributed by atoms with Crippen molar-refractivity contribution in [3.8, 4) is 0 Å². The minimum atomic E-state index is -0.367. The molecule has 166 valence electrons. The van der Waals surface area contributed by atoms with Gasteiger partial charge in [0.15, 0.2) is 13.1 Å². The lowest BCUT2D eigenvalue weighted by Crippen LogP contribution is -3.28. The van der Waals surface area contributed by atoms with Gasteiger partial charge in [-0.2, -0.15) is 0 Å². The Morgan fingerprint density at radius 2 is 1.58 bits per heavy atom. The number of quaternary nitrogens is 2. The van der Waals surface area contributed by atoms with Gasteiger partial charge in [0.1, 0.15) is 32.0 Å². The van der Waals surface area contributed by atoms with E-state index in [0.717, 1.165) is 44.6 Å². The molecule has 0 aromatic heterocycles. The van der Waals surface area contributed by atoms with E-state index < -0.39 is 0 Å². The Kier molecular flexibility index (Phi) is 8.55. The number of rotatable bonds is 9. The average molecular weight is 429 g/mol. The summed E-state index contributed by atoms with van der Waals surface area (Å²) in [6.07, 6.45) is 1.93. The predicted molar refractivity (Wildman–Crippen MR) is 118 cm³/mol. The lowest BCUT2D eigenvalue weighted by molar-refractivity contribution is -1.00. The molecule has 0 radical (unpaired) electrons. The molecular formula is C24H33FN4O2+2. The van der Waals surface area contributed by atoms with Crippen LogP contribution in [-0.4, -0.2) is 51.1 Å². The Bertz CT molecular complexity index is 854. The summed E-state index contributed by atoms with van der Waals surface area (Å²) in [4.78, 5) is 27.3. The predicted octanol–water partition coefficient (Wildman–Crippen LogP) is 0.205. The van der Waals surface area contributed by atoms with E-state index in [2.05, 4.69) is 29.7 Å². The summed E-state index contributed by atoms with van der Waals surface area (Å²) >= 11 is 0. The molecular weight excluding hydrogens is 395 g/mol. The third-order valence-corrected chi connectivity index (χ3v) is 5.71. The molecule has 1 fully saturated rings. The van der Waals surface area contributed by atoms with Crippen molar-refractivity contribution in [3.63, 3.8) is 0 Å². The van der Waals surface area contributed by atoms with Gasteiger partial charge in [-0.25, -0.2) is 4.39 Å². The number of carbonyl (C=O) groups excluding carboxylic acids is 2. The van der Waals surface area contributed by atoms with E-state index in [9.17, 15) is 14.0 Å². The smallest absolute Gasteiger partial charge is 0.279 e. The first-order chi connectivity index (χ1) is 15.0. The summed E-state index contributed by atoms with van der Waals surface area (Å²) in [6, 6.07) is 16.1. The van der Waals surface area contributed by atoms with Crippen molar-refractivity contribution in [1.29, 1.82) is 0 Å². The number of benzene rings is 2. The van der Waals surface area contributed by atoms with Crippen molar-refractivity contribution >= 4 is 17.5 Å². The van der Waals surface area contributed by atoms with E-state index in [0.29, 0.717) is 18.8 Å². The molecule has 1 aliphatic rings. The van der Waals surface area contributed by atoms with Gasteiger partial charge in [-0.15, -0.1) is 0 Å². The number of carbonyl (C=O) groups is 2. The van der Waals surface area contributed by atoms with Crippen LogP contribution in [-0.2, 0) is 9.59 Å². The zero-order valence-electron chi connectivity index (χ0n) is 18.1. The number of hydrogen-bond donors (Lipinski definition) is 4. The van der Waals surface area contributed by atoms with E-state index in [1.54, 1.807) is 12.1 Å². The lowest BCUT2D eigenvalue weighted by Gasteiger charge is -2.29. The molecule has 3 rings (SSSR count). The largest absolute Gasteiger partial charge is 0.344 e. The number of piperazine rings is 1. The molecule has 0 bridgehead atoms. The Morgan fingerprint density at radius 1 is 0.935 bits per heavy atom. The zero-order valence-corrected chi connectivity index (χ0v) is 18.1. The van der Waals surface area contributed by atoms with Crippen molar-refractivity contribution in [2.45, 2.75) is 25.8 Å². The third-order valence-electron chi connectivity index (χ3n) is 5.71. The van der Waals surface area contributed by atoms with Gasteiger partial charge in [0.25, 0.3) is 11.8 Å². The van der Waals surface area contributed by atoms with Crippen LogP contribution in [0.2, 0.25) is 0 Å². The third kappa shape index (κ3) is 7.45. The molecule has 1 saturated heterocycles. The number of hydrogen-bond acceptors (Lipinski definition) is 2. The SMILES string of the molecule is CCC[C@H](NC(=O)C[NH+]1CC[NH+](CC(=O)Nc2cccc(F)c2)CC1)c1ccccc1. The van der Waals surface area contributed by atoms with Crippen LogP contribution in [0, 0.1) is 5.82 Å². The number of halogens is 1. The highest BCUT2D eigenvalue weighted by molar-refractivity contribution is 5.91. The highest BCUT2D eigenvalue weighted by Gasteiger charge is 2.27. The first-order valence-corrected chi connectivity index (χ1v) is 11.1. The standard InChI is InChI=1S/C24H31FN4O2/c1-2-7-22(19-8-4-3-5-9-19)27-24(31)18-29-14-12-28(13-15-29)17-23(30)26-21-11-6-10-20(25)16-21/h3-6,8-11,16,22H,2,7,12-15,17-18H2,1H3,(H,26,30)(H,27,31)/p+2/t22-/m0/s1. The first-order valence-electron chi connectivity index (χ1n) is 11.1. The topological polar surface area (TPSA) is 67.1 Å². The molecule has 2 amide bonds. The second-order valence-electron chi connectivity index (χ2n) is 8.23. The molecule has 0 saturated carbocycles. The summed E-state index contributed by atoms with van der Waals surface area (Å²) < 4.78 is 13.3. The van der Waals surface area contributed by atoms with E-state index in [-0.39, 0.29) is 23.7 Å². The van der Waals surface area contributed by atoms with Crippen molar-refractivity contribution in [2.75, 3.05) is 44.6 Å². The maximum atomic E-state index is 13.3. The molecule has 0 aliphatic carbocycles. The Hall–Kier alpha value is -2.77. The van der Waals surface area contributed by atoms with Gasteiger partial charge in [0, 0.05) is 5.69 Å². The summed E-state index contributed by atoms with van der Waals surface area (Å²) in [5.41, 5.74) is 1.62. The van der Waals surface area contributed by atoms with Crippen molar-refractivity contribution < 1.29 is 23.8 Å². The highest BCUT2D eigenvalue weighted by atomic mass is 19.1. The van der Waals surface area contributed by atoms with Gasteiger partial charge in [-0.1, -0.05) is 49.7 Å². The van der Waals surface area contributed by atoms with E-state index in [1.807, 2.05) is 18.2 Å². The van der Waals surface area contributed by atoms with Gasteiger partial charge in [0.05, 0.1) is 6.04 Å². The van der Waals surface area contributed by atoms with Crippen LogP contribution in [0.25, 0.3) is 0 Å².